The number of carbonyl (C=O) groups excluding carboxylic acids is 1. The van der Waals surface area contributed by atoms with Gasteiger partial charge in [0, 0.05) is 12.6 Å². The van der Waals surface area contributed by atoms with Gasteiger partial charge in [0.25, 0.3) is 5.91 Å². The van der Waals surface area contributed by atoms with Crippen LogP contribution in [0.15, 0.2) is 54.6 Å². The van der Waals surface area contributed by atoms with Gasteiger partial charge in [-0.3, -0.25) is 15.6 Å². The molecule has 142 valence electrons. The SMILES string of the molecule is COc1ccc(CCNC(=S)NNC(=O)/C=C/c2ccccc2)cc1OC. The first-order valence-corrected chi connectivity index (χ1v) is 8.81. The van der Waals surface area contributed by atoms with Gasteiger partial charge in [0.05, 0.1) is 14.2 Å². The van der Waals surface area contributed by atoms with E-state index in [0.717, 1.165) is 17.5 Å². The van der Waals surface area contributed by atoms with Crippen LogP contribution in [-0.4, -0.2) is 31.8 Å². The van der Waals surface area contributed by atoms with Crippen molar-refractivity contribution in [3.05, 3.63) is 65.7 Å². The van der Waals surface area contributed by atoms with Crippen LogP contribution in [0.1, 0.15) is 11.1 Å². The van der Waals surface area contributed by atoms with Crippen LogP contribution in [0, 0.1) is 0 Å². The smallest absolute Gasteiger partial charge is 0.262 e. The van der Waals surface area contributed by atoms with Gasteiger partial charge < -0.3 is 14.8 Å². The number of amides is 1. The van der Waals surface area contributed by atoms with Crippen molar-refractivity contribution in [2.45, 2.75) is 6.42 Å². The summed E-state index contributed by atoms with van der Waals surface area (Å²) in [5.74, 6) is 1.09. The van der Waals surface area contributed by atoms with Crippen LogP contribution in [0.5, 0.6) is 11.5 Å². The van der Waals surface area contributed by atoms with E-state index in [0.29, 0.717) is 23.2 Å². The third-order valence-electron chi connectivity index (χ3n) is 3.67. The molecule has 0 saturated carbocycles. The predicted molar refractivity (Wildman–Crippen MR) is 111 cm³/mol. The minimum absolute atomic E-state index is 0.289. The van der Waals surface area contributed by atoms with Crippen molar-refractivity contribution in [3.8, 4) is 11.5 Å². The van der Waals surface area contributed by atoms with E-state index in [-0.39, 0.29) is 5.91 Å². The Bertz CT molecular complexity index is 794. The molecule has 3 N–H and O–H groups in total. The molecule has 0 radical (unpaired) electrons. The van der Waals surface area contributed by atoms with Crippen LogP contribution in [-0.2, 0) is 11.2 Å². The molecule has 2 aromatic carbocycles. The summed E-state index contributed by atoms with van der Waals surface area (Å²) < 4.78 is 10.5. The quantitative estimate of drug-likeness (QED) is 0.386. The van der Waals surface area contributed by atoms with Crippen LogP contribution >= 0.6 is 12.2 Å². The van der Waals surface area contributed by atoms with E-state index in [9.17, 15) is 4.79 Å². The minimum Gasteiger partial charge on any atom is -0.493 e. The first-order chi connectivity index (χ1) is 13.1. The number of ether oxygens (including phenoxy) is 2. The van der Waals surface area contributed by atoms with Gasteiger partial charge in [-0.15, -0.1) is 0 Å². The van der Waals surface area contributed by atoms with Gasteiger partial charge in [-0.05, 0) is 48.0 Å². The third kappa shape index (κ3) is 6.99. The lowest BCUT2D eigenvalue weighted by Gasteiger charge is -2.12. The van der Waals surface area contributed by atoms with Crippen molar-refractivity contribution in [2.24, 2.45) is 0 Å². The number of nitrogens with one attached hydrogen (secondary N) is 3. The maximum Gasteiger partial charge on any atom is 0.262 e. The first-order valence-electron chi connectivity index (χ1n) is 8.40. The van der Waals surface area contributed by atoms with Gasteiger partial charge in [-0.2, -0.15) is 0 Å². The molecule has 6 nitrogen and oxygen atoms in total. The van der Waals surface area contributed by atoms with Gasteiger partial charge in [0.1, 0.15) is 0 Å². The second-order valence-corrected chi connectivity index (χ2v) is 5.96. The Morgan fingerprint density at radius 3 is 2.48 bits per heavy atom. The molecule has 0 fully saturated rings. The van der Waals surface area contributed by atoms with Crippen LogP contribution in [0.2, 0.25) is 0 Å². The summed E-state index contributed by atoms with van der Waals surface area (Å²) in [6, 6.07) is 15.3. The van der Waals surface area contributed by atoms with Gasteiger partial charge in [0.2, 0.25) is 0 Å². The molecule has 0 aliphatic carbocycles. The van der Waals surface area contributed by atoms with E-state index in [1.807, 2.05) is 48.5 Å². The highest BCUT2D eigenvalue weighted by molar-refractivity contribution is 7.80. The molecule has 1 amide bonds. The molecule has 0 spiro atoms. The molecule has 0 heterocycles. The highest BCUT2D eigenvalue weighted by Gasteiger charge is 2.05. The highest BCUT2D eigenvalue weighted by Crippen LogP contribution is 2.27. The van der Waals surface area contributed by atoms with Gasteiger partial charge in [-0.1, -0.05) is 36.4 Å². The summed E-state index contributed by atoms with van der Waals surface area (Å²) in [4.78, 5) is 11.8. The third-order valence-corrected chi connectivity index (χ3v) is 3.92. The molecule has 0 unspecified atom stereocenters. The van der Waals surface area contributed by atoms with Crippen LogP contribution in [0.4, 0.5) is 0 Å². The summed E-state index contributed by atoms with van der Waals surface area (Å²) in [7, 11) is 3.21. The summed E-state index contributed by atoms with van der Waals surface area (Å²) in [6.07, 6.45) is 3.91. The minimum atomic E-state index is -0.289. The summed E-state index contributed by atoms with van der Waals surface area (Å²) >= 11 is 5.15. The van der Waals surface area contributed by atoms with E-state index in [1.165, 1.54) is 6.08 Å². The monoisotopic (exact) mass is 385 g/mol. The van der Waals surface area contributed by atoms with E-state index in [1.54, 1.807) is 20.3 Å². The van der Waals surface area contributed by atoms with Crippen molar-refractivity contribution < 1.29 is 14.3 Å². The fraction of sp³-hybridized carbons (Fsp3) is 0.200. The number of benzene rings is 2. The number of carbonyl (C=O) groups is 1. The number of thiocarbonyl (C=S) groups is 1. The summed E-state index contributed by atoms with van der Waals surface area (Å²) in [6.45, 7) is 0.608. The molecule has 0 atom stereocenters. The van der Waals surface area contributed by atoms with Gasteiger partial charge in [0.15, 0.2) is 16.6 Å². The molecule has 2 aromatic rings. The van der Waals surface area contributed by atoms with E-state index in [4.69, 9.17) is 21.7 Å². The number of hydrogen-bond donors (Lipinski definition) is 3. The average molecular weight is 385 g/mol. The van der Waals surface area contributed by atoms with Crippen LogP contribution < -0.4 is 25.6 Å². The lowest BCUT2D eigenvalue weighted by molar-refractivity contribution is -0.116. The van der Waals surface area contributed by atoms with E-state index in [2.05, 4.69) is 16.2 Å². The molecule has 0 aromatic heterocycles. The molecule has 0 bridgehead atoms. The van der Waals surface area contributed by atoms with Crippen molar-refractivity contribution >= 4 is 29.3 Å². The Balaban J connectivity index is 1.70. The Labute approximate surface area is 164 Å². The molecule has 27 heavy (non-hydrogen) atoms. The number of rotatable bonds is 7. The standard InChI is InChI=1S/C20H23N3O3S/c1-25-17-10-8-16(14-18(17)26-2)12-13-21-20(27)23-22-19(24)11-9-15-6-4-3-5-7-15/h3-11,14H,12-13H2,1-2H3,(H,22,24)(H2,21,23,27)/b11-9+. The molecule has 0 aliphatic heterocycles. The zero-order valence-electron chi connectivity index (χ0n) is 15.3. The van der Waals surface area contributed by atoms with E-state index < -0.39 is 0 Å². The zero-order chi connectivity index (χ0) is 19.5. The molecule has 2 rings (SSSR count). The molecule has 0 aliphatic rings. The number of methoxy groups -OCH3 is 2. The van der Waals surface area contributed by atoms with E-state index >= 15 is 0 Å². The Hall–Kier alpha value is -3.06. The normalized spacial score (nSPS) is 10.3. The molecular weight excluding hydrogens is 362 g/mol. The van der Waals surface area contributed by atoms with Crippen molar-refractivity contribution in [1.82, 2.24) is 16.2 Å². The lowest BCUT2D eigenvalue weighted by atomic mass is 10.1. The topological polar surface area (TPSA) is 71.6 Å². The Morgan fingerprint density at radius 1 is 1.04 bits per heavy atom. The zero-order valence-corrected chi connectivity index (χ0v) is 16.1. The highest BCUT2D eigenvalue weighted by atomic mass is 32.1. The maximum absolute atomic E-state index is 11.8. The average Bonchev–Trinajstić information content (AvgIpc) is 2.71. The summed E-state index contributed by atoms with van der Waals surface area (Å²) in [5.41, 5.74) is 7.22. The predicted octanol–water partition coefficient (Wildman–Crippen LogP) is 2.46. The number of hydrogen-bond acceptors (Lipinski definition) is 4. The molecule has 7 heteroatoms. The molecule has 0 saturated heterocycles. The Kier molecular flexibility index (Phi) is 8.12. The fourth-order valence-electron chi connectivity index (χ4n) is 2.30. The second kappa shape index (κ2) is 10.8. The lowest BCUT2D eigenvalue weighted by Crippen LogP contribution is -2.46. The van der Waals surface area contributed by atoms with Crippen LogP contribution in [0.3, 0.4) is 0 Å². The number of hydrazine groups is 1. The Morgan fingerprint density at radius 2 is 1.78 bits per heavy atom. The van der Waals surface area contributed by atoms with Crippen LogP contribution in [0.25, 0.3) is 6.08 Å². The van der Waals surface area contributed by atoms with Crippen molar-refractivity contribution in [3.63, 3.8) is 0 Å². The van der Waals surface area contributed by atoms with Crippen molar-refractivity contribution in [2.75, 3.05) is 20.8 Å². The van der Waals surface area contributed by atoms with Gasteiger partial charge in [-0.25, -0.2) is 0 Å². The summed E-state index contributed by atoms with van der Waals surface area (Å²) in [5, 5.41) is 3.38. The molecular formula is C20H23N3O3S. The van der Waals surface area contributed by atoms with Crippen molar-refractivity contribution in [1.29, 1.82) is 0 Å². The fourth-order valence-corrected chi connectivity index (χ4v) is 2.45. The van der Waals surface area contributed by atoms with Gasteiger partial charge >= 0.3 is 0 Å². The largest absolute Gasteiger partial charge is 0.493 e. The first kappa shape index (κ1) is 20.3. The maximum atomic E-state index is 11.8. The second-order valence-electron chi connectivity index (χ2n) is 5.55.